The third-order valence-electron chi connectivity index (χ3n) is 3.78. The summed E-state index contributed by atoms with van der Waals surface area (Å²) in [6.07, 6.45) is 0. The first-order chi connectivity index (χ1) is 12.1. The zero-order chi connectivity index (χ0) is 17.8. The zero-order valence-corrected chi connectivity index (χ0v) is 14.1. The standard InChI is InChI=1S/C19H16FNO3S/c20-15-8-6-14(7-9-15)16-17(25-11-10-22)19(24)21(18(16)23)12-13-4-2-1-3-5-13/h1-9,22H,10-12H2. The number of thioether (sulfide) groups is 1. The number of benzene rings is 2. The predicted molar refractivity (Wildman–Crippen MR) is 94.9 cm³/mol. The Bertz CT molecular complexity index is 818. The normalized spacial score (nSPS) is 14.6. The molecular formula is C19H16FNO3S. The van der Waals surface area contributed by atoms with Gasteiger partial charge in [-0.1, -0.05) is 42.5 Å². The monoisotopic (exact) mass is 357 g/mol. The number of aliphatic hydroxyl groups is 1. The Labute approximate surface area is 149 Å². The van der Waals surface area contributed by atoms with Gasteiger partial charge in [0.1, 0.15) is 5.82 Å². The summed E-state index contributed by atoms with van der Waals surface area (Å²) in [5.74, 6) is -0.891. The van der Waals surface area contributed by atoms with Crippen molar-refractivity contribution in [1.29, 1.82) is 0 Å². The van der Waals surface area contributed by atoms with E-state index >= 15 is 0 Å². The van der Waals surface area contributed by atoms with Crippen molar-refractivity contribution in [2.45, 2.75) is 6.54 Å². The minimum Gasteiger partial charge on any atom is -0.396 e. The van der Waals surface area contributed by atoms with Crippen LogP contribution in [0.5, 0.6) is 0 Å². The molecule has 128 valence electrons. The van der Waals surface area contributed by atoms with E-state index in [1.54, 1.807) is 0 Å². The Morgan fingerprint density at radius 2 is 1.64 bits per heavy atom. The maximum absolute atomic E-state index is 13.2. The Morgan fingerprint density at radius 1 is 0.960 bits per heavy atom. The Kier molecular flexibility index (Phi) is 5.31. The van der Waals surface area contributed by atoms with Crippen molar-refractivity contribution < 1.29 is 19.1 Å². The Balaban J connectivity index is 1.96. The molecule has 0 spiro atoms. The van der Waals surface area contributed by atoms with Crippen LogP contribution in [0.1, 0.15) is 11.1 Å². The van der Waals surface area contributed by atoms with E-state index in [4.69, 9.17) is 5.11 Å². The van der Waals surface area contributed by atoms with Crippen LogP contribution in [0.4, 0.5) is 4.39 Å². The van der Waals surface area contributed by atoms with E-state index in [9.17, 15) is 14.0 Å². The molecule has 0 unspecified atom stereocenters. The summed E-state index contributed by atoms with van der Waals surface area (Å²) in [6, 6.07) is 14.7. The summed E-state index contributed by atoms with van der Waals surface area (Å²) in [4.78, 5) is 27.1. The summed E-state index contributed by atoms with van der Waals surface area (Å²) in [5, 5.41) is 9.07. The van der Waals surface area contributed by atoms with Gasteiger partial charge >= 0.3 is 0 Å². The summed E-state index contributed by atoms with van der Waals surface area (Å²) in [5.41, 5.74) is 1.60. The minimum atomic E-state index is -0.410. The van der Waals surface area contributed by atoms with Gasteiger partial charge in [0.05, 0.1) is 23.6 Å². The first-order valence-corrected chi connectivity index (χ1v) is 8.74. The molecule has 0 fully saturated rings. The van der Waals surface area contributed by atoms with Crippen LogP contribution in [0.15, 0.2) is 59.5 Å². The molecule has 1 N–H and O–H groups in total. The zero-order valence-electron chi connectivity index (χ0n) is 13.3. The molecule has 0 saturated carbocycles. The van der Waals surface area contributed by atoms with Crippen LogP contribution < -0.4 is 0 Å². The highest BCUT2D eigenvalue weighted by Crippen LogP contribution is 2.36. The second kappa shape index (κ2) is 7.63. The molecular weight excluding hydrogens is 341 g/mol. The van der Waals surface area contributed by atoms with Gasteiger partial charge in [-0.2, -0.15) is 0 Å². The molecule has 1 aliphatic heterocycles. The molecule has 0 radical (unpaired) electrons. The van der Waals surface area contributed by atoms with E-state index in [2.05, 4.69) is 0 Å². The fraction of sp³-hybridized carbons (Fsp3) is 0.158. The molecule has 0 saturated heterocycles. The first kappa shape index (κ1) is 17.4. The van der Waals surface area contributed by atoms with E-state index < -0.39 is 11.7 Å². The van der Waals surface area contributed by atoms with Crippen molar-refractivity contribution in [3.05, 3.63) is 76.4 Å². The lowest BCUT2D eigenvalue weighted by atomic mass is 10.1. The van der Waals surface area contributed by atoms with Crippen LogP contribution in [0.2, 0.25) is 0 Å². The van der Waals surface area contributed by atoms with Crippen molar-refractivity contribution in [1.82, 2.24) is 4.90 Å². The second-order valence-corrected chi connectivity index (χ2v) is 6.57. The van der Waals surface area contributed by atoms with Crippen molar-refractivity contribution in [2.75, 3.05) is 12.4 Å². The number of hydrogen-bond acceptors (Lipinski definition) is 4. The number of carbonyl (C=O) groups is 2. The third-order valence-corrected chi connectivity index (χ3v) is 4.83. The van der Waals surface area contributed by atoms with Gasteiger partial charge in [0.25, 0.3) is 11.8 Å². The topological polar surface area (TPSA) is 57.6 Å². The molecule has 1 heterocycles. The van der Waals surface area contributed by atoms with Crippen LogP contribution >= 0.6 is 11.8 Å². The molecule has 0 aromatic heterocycles. The highest BCUT2D eigenvalue weighted by molar-refractivity contribution is 8.04. The van der Waals surface area contributed by atoms with Crippen LogP contribution in [-0.2, 0) is 16.1 Å². The van der Waals surface area contributed by atoms with Crippen molar-refractivity contribution in [3.63, 3.8) is 0 Å². The lowest BCUT2D eigenvalue weighted by Crippen LogP contribution is -2.30. The number of halogens is 1. The van der Waals surface area contributed by atoms with Gasteiger partial charge in [0.15, 0.2) is 0 Å². The lowest BCUT2D eigenvalue weighted by molar-refractivity contribution is -0.137. The molecule has 1 aliphatic rings. The SMILES string of the molecule is O=C1C(SCCO)=C(c2ccc(F)cc2)C(=O)N1Cc1ccccc1. The fourth-order valence-corrected chi connectivity index (χ4v) is 3.49. The largest absolute Gasteiger partial charge is 0.396 e. The molecule has 0 bridgehead atoms. The molecule has 2 aromatic carbocycles. The summed E-state index contributed by atoms with van der Waals surface area (Å²) >= 11 is 1.14. The van der Waals surface area contributed by atoms with E-state index in [1.165, 1.54) is 29.2 Å². The number of nitrogens with zero attached hydrogens (tertiary/aromatic N) is 1. The van der Waals surface area contributed by atoms with Crippen LogP contribution in [0.3, 0.4) is 0 Å². The van der Waals surface area contributed by atoms with Crippen molar-refractivity contribution in [2.24, 2.45) is 0 Å². The number of amides is 2. The molecule has 3 rings (SSSR count). The van der Waals surface area contributed by atoms with Crippen molar-refractivity contribution in [3.8, 4) is 0 Å². The smallest absolute Gasteiger partial charge is 0.268 e. The van der Waals surface area contributed by atoms with Crippen LogP contribution in [0, 0.1) is 5.82 Å². The summed E-state index contributed by atoms with van der Waals surface area (Å²) < 4.78 is 13.2. The fourth-order valence-electron chi connectivity index (χ4n) is 2.62. The van der Waals surface area contributed by atoms with E-state index in [1.807, 2.05) is 30.3 Å². The highest BCUT2D eigenvalue weighted by Gasteiger charge is 2.38. The molecule has 0 atom stereocenters. The Hall–Kier alpha value is -2.44. The highest BCUT2D eigenvalue weighted by atomic mass is 32.2. The van der Waals surface area contributed by atoms with E-state index in [0.29, 0.717) is 16.2 Å². The predicted octanol–water partition coefficient (Wildman–Crippen LogP) is 2.83. The molecule has 2 aromatic rings. The third kappa shape index (κ3) is 3.65. The number of carbonyl (C=O) groups excluding carboxylic acids is 2. The van der Waals surface area contributed by atoms with Crippen LogP contribution in [-0.4, -0.2) is 34.2 Å². The Morgan fingerprint density at radius 3 is 2.28 bits per heavy atom. The number of aliphatic hydroxyl groups excluding tert-OH is 1. The van der Waals surface area contributed by atoms with Crippen LogP contribution in [0.25, 0.3) is 5.57 Å². The number of hydrogen-bond donors (Lipinski definition) is 1. The molecule has 0 aliphatic carbocycles. The summed E-state index contributed by atoms with van der Waals surface area (Å²) in [7, 11) is 0. The quantitative estimate of drug-likeness (QED) is 0.808. The molecule has 4 nitrogen and oxygen atoms in total. The molecule has 6 heteroatoms. The van der Waals surface area contributed by atoms with Gasteiger partial charge in [-0.15, -0.1) is 11.8 Å². The maximum atomic E-state index is 13.2. The van der Waals surface area contributed by atoms with Gasteiger partial charge in [-0.25, -0.2) is 4.39 Å². The second-order valence-electron chi connectivity index (χ2n) is 5.47. The lowest BCUT2D eigenvalue weighted by Gasteiger charge is -2.15. The molecule has 2 amide bonds. The number of rotatable bonds is 6. The average Bonchev–Trinajstić information content (AvgIpc) is 2.86. The summed E-state index contributed by atoms with van der Waals surface area (Å²) in [6.45, 7) is 0.0669. The van der Waals surface area contributed by atoms with E-state index in [-0.39, 0.29) is 24.6 Å². The molecule has 25 heavy (non-hydrogen) atoms. The minimum absolute atomic E-state index is 0.106. The average molecular weight is 357 g/mol. The maximum Gasteiger partial charge on any atom is 0.268 e. The van der Waals surface area contributed by atoms with Gasteiger partial charge in [0.2, 0.25) is 0 Å². The first-order valence-electron chi connectivity index (χ1n) is 7.76. The van der Waals surface area contributed by atoms with Gasteiger partial charge in [-0.3, -0.25) is 14.5 Å². The van der Waals surface area contributed by atoms with Crippen molar-refractivity contribution >= 4 is 29.1 Å². The van der Waals surface area contributed by atoms with E-state index in [0.717, 1.165) is 17.3 Å². The van der Waals surface area contributed by atoms with Gasteiger partial charge in [0, 0.05) is 5.75 Å². The number of imide groups is 1. The van der Waals surface area contributed by atoms with Gasteiger partial charge < -0.3 is 5.11 Å². The van der Waals surface area contributed by atoms with Gasteiger partial charge in [-0.05, 0) is 23.3 Å².